The second kappa shape index (κ2) is 6.40. The van der Waals surface area contributed by atoms with Crippen molar-refractivity contribution in [2.45, 2.75) is 40.2 Å². The fourth-order valence-electron chi connectivity index (χ4n) is 2.16. The smallest absolute Gasteiger partial charge is 0.251 e. The number of aryl methyl sites for hydroxylation is 1. The van der Waals surface area contributed by atoms with E-state index >= 15 is 0 Å². The Labute approximate surface area is 120 Å². The minimum Gasteiger partial charge on any atom is -0.393 e. The number of aliphatic hydroxyl groups excluding tert-OH is 1. The summed E-state index contributed by atoms with van der Waals surface area (Å²) in [5, 5.41) is 12.9. The summed E-state index contributed by atoms with van der Waals surface area (Å²) in [4.78, 5) is 12.0. The number of amides is 1. The van der Waals surface area contributed by atoms with E-state index in [0.29, 0.717) is 23.6 Å². The molecule has 0 fully saturated rings. The predicted octanol–water partition coefficient (Wildman–Crippen LogP) is 3.18. The van der Waals surface area contributed by atoms with Gasteiger partial charge in [-0.15, -0.1) is 0 Å². The van der Waals surface area contributed by atoms with E-state index in [2.05, 4.69) is 5.32 Å². The third-order valence-corrected chi connectivity index (χ3v) is 3.10. The summed E-state index contributed by atoms with van der Waals surface area (Å²) in [6.07, 6.45) is 0.266. The summed E-state index contributed by atoms with van der Waals surface area (Å²) < 4.78 is 0. The Morgan fingerprint density at radius 1 is 1.42 bits per heavy atom. The average molecular weight is 284 g/mol. The standard InChI is InChI=1S/C15H22ClNO2/c1-10-5-12(7-13(16)6-10)14(19)17-9-15(3,4)8-11(2)18/h5-7,11,18H,8-9H2,1-4H3,(H,17,19). The van der Waals surface area contributed by atoms with Crippen molar-refractivity contribution in [1.82, 2.24) is 5.32 Å². The molecule has 0 spiro atoms. The van der Waals surface area contributed by atoms with Crippen molar-refractivity contribution in [3.8, 4) is 0 Å². The Morgan fingerprint density at radius 3 is 2.58 bits per heavy atom. The summed E-state index contributed by atoms with van der Waals surface area (Å²) in [5.41, 5.74) is 1.39. The molecule has 0 aliphatic carbocycles. The molecule has 0 bridgehead atoms. The molecule has 19 heavy (non-hydrogen) atoms. The van der Waals surface area contributed by atoms with Crippen LogP contribution < -0.4 is 5.32 Å². The van der Waals surface area contributed by atoms with Gasteiger partial charge in [0.05, 0.1) is 6.10 Å². The van der Waals surface area contributed by atoms with E-state index in [0.717, 1.165) is 5.56 Å². The van der Waals surface area contributed by atoms with Crippen LogP contribution in [0.5, 0.6) is 0 Å². The number of aliphatic hydroxyl groups is 1. The molecule has 0 radical (unpaired) electrons. The summed E-state index contributed by atoms with van der Waals surface area (Å²) in [5.74, 6) is -0.135. The van der Waals surface area contributed by atoms with Crippen LogP contribution in [0.4, 0.5) is 0 Å². The number of benzene rings is 1. The Kier molecular flexibility index (Phi) is 5.39. The lowest BCUT2D eigenvalue weighted by molar-refractivity contribution is 0.0902. The van der Waals surface area contributed by atoms with Crippen molar-refractivity contribution in [1.29, 1.82) is 0 Å². The number of nitrogens with one attached hydrogen (secondary N) is 1. The van der Waals surface area contributed by atoms with Crippen molar-refractivity contribution >= 4 is 17.5 Å². The van der Waals surface area contributed by atoms with Gasteiger partial charge in [-0.25, -0.2) is 0 Å². The zero-order chi connectivity index (χ0) is 14.6. The Balaban J connectivity index is 2.65. The molecule has 4 heteroatoms. The van der Waals surface area contributed by atoms with E-state index in [9.17, 15) is 9.90 Å². The predicted molar refractivity (Wildman–Crippen MR) is 78.6 cm³/mol. The van der Waals surface area contributed by atoms with Gasteiger partial charge in [-0.2, -0.15) is 0 Å². The first kappa shape index (κ1) is 16.0. The molecule has 1 rings (SSSR count). The first-order chi connectivity index (χ1) is 8.69. The molecule has 0 aliphatic heterocycles. The molecule has 1 atom stereocenters. The highest BCUT2D eigenvalue weighted by molar-refractivity contribution is 6.31. The van der Waals surface area contributed by atoms with Gasteiger partial charge in [0.15, 0.2) is 0 Å². The van der Waals surface area contributed by atoms with Crippen LogP contribution in [-0.2, 0) is 0 Å². The molecule has 0 saturated heterocycles. The number of hydrogen-bond donors (Lipinski definition) is 2. The summed E-state index contributed by atoms with van der Waals surface area (Å²) >= 11 is 5.94. The van der Waals surface area contributed by atoms with Crippen molar-refractivity contribution in [2.24, 2.45) is 5.41 Å². The molecule has 1 amide bonds. The van der Waals surface area contributed by atoms with Crippen LogP contribution in [-0.4, -0.2) is 23.7 Å². The van der Waals surface area contributed by atoms with Crippen molar-refractivity contribution in [3.05, 3.63) is 34.3 Å². The van der Waals surface area contributed by atoms with E-state index in [1.807, 2.05) is 32.9 Å². The lowest BCUT2D eigenvalue weighted by Gasteiger charge is -2.26. The van der Waals surface area contributed by atoms with E-state index < -0.39 is 0 Å². The molecule has 0 heterocycles. The number of carbonyl (C=O) groups excluding carboxylic acids is 1. The zero-order valence-corrected chi connectivity index (χ0v) is 12.7. The molecular weight excluding hydrogens is 262 g/mol. The van der Waals surface area contributed by atoms with Crippen LogP contribution in [0.2, 0.25) is 5.02 Å². The van der Waals surface area contributed by atoms with E-state index in [4.69, 9.17) is 11.6 Å². The number of rotatable bonds is 5. The normalized spacial score (nSPS) is 13.2. The van der Waals surface area contributed by atoms with E-state index in [1.54, 1.807) is 13.0 Å². The van der Waals surface area contributed by atoms with Gasteiger partial charge < -0.3 is 10.4 Å². The monoisotopic (exact) mass is 283 g/mol. The summed E-state index contributed by atoms with van der Waals surface area (Å²) in [6.45, 7) is 8.21. The number of halogens is 1. The average Bonchev–Trinajstić information content (AvgIpc) is 2.22. The Bertz CT molecular complexity index is 435. The van der Waals surface area contributed by atoms with E-state index in [1.165, 1.54) is 0 Å². The molecule has 2 N–H and O–H groups in total. The molecule has 106 valence electrons. The van der Waals surface area contributed by atoms with Gasteiger partial charge in [0.1, 0.15) is 0 Å². The highest BCUT2D eigenvalue weighted by atomic mass is 35.5. The molecule has 1 unspecified atom stereocenters. The van der Waals surface area contributed by atoms with Gasteiger partial charge in [-0.1, -0.05) is 25.4 Å². The first-order valence-corrected chi connectivity index (χ1v) is 6.81. The lowest BCUT2D eigenvalue weighted by atomic mass is 9.87. The molecule has 1 aromatic rings. The SMILES string of the molecule is Cc1cc(Cl)cc(C(=O)NCC(C)(C)CC(C)O)c1. The molecular formula is C15H22ClNO2. The second-order valence-corrected chi connectivity index (χ2v) is 6.35. The largest absolute Gasteiger partial charge is 0.393 e. The summed E-state index contributed by atoms with van der Waals surface area (Å²) in [7, 11) is 0. The number of carbonyl (C=O) groups is 1. The lowest BCUT2D eigenvalue weighted by Crippen LogP contribution is -2.35. The van der Waals surface area contributed by atoms with Crippen molar-refractivity contribution < 1.29 is 9.90 Å². The first-order valence-electron chi connectivity index (χ1n) is 6.43. The van der Waals surface area contributed by atoms with Crippen LogP contribution >= 0.6 is 11.6 Å². The maximum Gasteiger partial charge on any atom is 0.251 e. The Morgan fingerprint density at radius 2 is 2.05 bits per heavy atom. The van der Waals surface area contributed by atoms with Crippen molar-refractivity contribution in [2.75, 3.05) is 6.54 Å². The van der Waals surface area contributed by atoms with Gasteiger partial charge >= 0.3 is 0 Å². The highest BCUT2D eigenvalue weighted by Gasteiger charge is 2.21. The van der Waals surface area contributed by atoms with Crippen LogP contribution in [0, 0.1) is 12.3 Å². The maximum atomic E-state index is 12.0. The van der Waals surface area contributed by atoms with Crippen LogP contribution in [0.1, 0.15) is 43.1 Å². The minimum atomic E-state index is -0.375. The van der Waals surface area contributed by atoms with Gasteiger partial charge in [0.2, 0.25) is 0 Å². The molecule has 3 nitrogen and oxygen atoms in total. The van der Waals surface area contributed by atoms with Crippen LogP contribution in [0.3, 0.4) is 0 Å². The molecule has 0 aliphatic rings. The third kappa shape index (κ3) is 5.62. The highest BCUT2D eigenvalue weighted by Crippen LogP contribution is 2.21. The summed E-state index contributed by atoms with van der Waals surface area (Å²) in [6, 6.07) is 5.28. The maximum absolute atomic E-state index is 12.0. The van der Waals surface area contributed by atoms with Gasteiger partial charge in [-0.05, 0) is 49.4 Å². The quantitative estimate of drug-likeness (QED) is 0.872. The van der Waals surface area contributed by atoms with Crippen LogP contribution in [0.25, 0.3) is 0 Å². The molecule has 0 saturated carbocycles. The second-order valence-electron chi connectivity index (χ2n) is 5.92. The third-order valence-electron chi connectivity index (χ3n) is 2.88. The van der Waals surface area contributed by atoms with Crippen LogP contribution in [0.15, 0.2) is 18.2 Å². The molecule has 0 aromatic heterocycles. The van der Waals surface area contributed by atoms with Gasteiger partial charge in [-0.3, -0.25) is 4.79 Å². The molecule has 1 aromatic carbocycles. The van der Waals surface area contributed by atoms with E-state index in [-0.39, 0.29) is 17.4 Å². The van der Waals surface area contributed by atoms with Gasteiger partial charge in [0, 0.05) is 17.1 Å². The number of hydrogen-bond acceptors (Lipinski definition) is 2. The zero-order valence-electron chi connectivity index (χ0n) is 12.0. The minimum absolute atomic E-state index is 0.135. The fraction of sp³-hybridized carbons (Fsp3) is 0.533. The Hall–Kier alpha value is -1.06. The topological polar surface area (TPSA) is 49.3 Å². The van der Waals surface area contributed by atoms with Crippen molar-refractivity contribution in [3.63, 3.8) is 0 Å². The van der Waals surface area contributed by atoms with Gasteiger partial charge in [0.25, 0.3) is 5.91 Å². The fourth-order valence-corrected chi connectivity index (χ4v) is 2.45.